The van der Waals surface area contributed by atoms with Crippen molar-refractivity contribution < 1.29 is 4.74 Å². The molecule has 3 N–H and O–H groups in total. The van der Waals surface area contributed by atoms with Gasteiger partial charge in [0.1, 0.15) is 0 Å². The Morgan fingerprint density at radius 1 is 1.50 bits per heavy atom. The van der Waals surface area contributed by atoms with Crippen molar-refractivity contribution in [3.63, 3.8) is 0 Å². The lowest BCUT2D eigenvalue weighted by molar-refractivity contribution is 0.176. The van der Waals surface area contributed by atoms with Crippen LogP contribution in [0.2, 0.25) is 0 Å². The zero-order chi connectivity index (χ0) is 11.5. The second-order valence-corrected chi connectivity index (χ2v) is 4.40. The number of nitrogens with two attached hydrogens (primary N) is 1. The van der Waals surface area contributed by atoms with Gasteiger partial charge in [-0.25, -0.2) is 0 Å². The van der Waals surface area contributed by atoms with Gasteiger partial charge in [0.2, 0.25) is 0 Å². The van der Waals surface area contributed by atoms with Gasteiger partial charge in [0.15, 0.2) is 0 Å². The van der Waals surface area contributed by atoms with Crippen LogP contribution >= 0.6 is 0 Å². The molecule has 1 fully saturated rings. The molecule has 2 rings (SSSR count). The summed E-state index contributed by atoms with van der Waals surface area (Å²) >= 11 is 0. The van der Waals surface area contributed by atoms with E-state index in [1.807, 2.05) is 19.9 Å². The fourth-order valence-corrected chi connectivity index (χ4v) is 2.32. The number of rotatable bonds is 3. The summed E-state index contributed by atoms with van der Waals surface area (Å²) in [6.45, 7) is 5.65. The van der Waals surface area contributed by atoms with E-state index >= 15 is 0 Å². The lowest BCUT2D eigenvalue weighted by Crippen LogP contribution is -2.34. The molecule has 2 heterocycles. The summed E-state index contributed by atoms with van der Waals surface area (Å²) in [5, 5.41) is 0. The molecule has 4 nitrogen and oxygen atoms in total. The number of hydrogen-bond acceptors (Lipinski definition) is 4. The van der Waals surface area contributed by atoms with Crippen molar-refractivity contribution in [1.82, 2.24) is 10.4 Å². The van der Waals surface area contributed by atoms with Crippen LogP contribution in [-0.4, -0.2) is 18.2 Å². The van der Waals surface area contributed by atoms with Crippen molar-refractivity contribution in [3.05, 3.63) is 29.1 Å². The number of aryl methyl sites for hydroxylation is 2. The lowest BCUT2D eigenvalue weighted by atomic mass is 9.92. The summed E-state index contributed by atoms with van der Waals surface area (Å²) in [5.41, 5.74) is 6.18. The molecular weight excluding hydrogens is 202 g/mol. The summed E-state index contributed by atoms with van der Waals surface area (Å²) in [7, 11) is 0. The fraction of sp³-hybridized carbons (Fsp3) is 0.583. The van der Waals surface area contributed by atoms with Crippen molar-refractivity contribution in [2.75, 3.05) is 13.2 Å². The maximum atomic E-state index is 5.66. The third kappa shape index (κ3) is 2.24. The van der Waals surface area contributed by atoms with Crippen molar-refractivity contribution in [3.8, 4) is 0 Å². The molecule has 2 atom stereocenters. The standard InChI is InChI=1S/C12H19N3O/c1-8-3-4-11(9(2)14-8)12(15-13)10-5-6-16-7-10/h3-4,10,12,15H,5-7,13H2,1-2H3. The van der Waals surface area contributed by atoms with Gasteiger partial charge in [-0.05, 0) is 31.9 Å². The van der Waals surface area contributed by atoms with E-state index in [9.17, 15) is 0 Å². The van der Waals surface area contributed by atoms with E-state index in [-0.39, 0.29) is 6.04 Å². The van der Waals surface area contributed by atoms with E-state index in [0.717, 1.165) is 31.0 Å². The maximum Gasteiger partial charge on any atom is 0.0528 e. The second kappa shape index (κ2) is 4.91. The Labute approximate surface area is 96.2 Å². The summed E-state index contributed by atoms with van der Waals surface area (Å²) in [4.78, 5) is 4.48. The monoisotopic (exact) mass is 221 g/mol. The van der Waals surface area contributed by atoms with Gasteiger partial charge >= 0.3 is 0 Å². The van der Waals surface area contributed by atoms with E-state index in [4.69, 9.17) is 10.6 Å². The first-order chi connectivity index (χ1) is 7.72. The number of hydrazine groups is 1. The van der Waals surface area contributed by atoms with Gasteiger partial charge in [-0.15, -0.1) is 0 Å². The SMILES string of the molecule is Cc1ccc(C(NN)C2CCOC2)c(C)n1. The second-order valence-electron chi connectivity index (χ2n) is 4.40. The first-order valence-corrected chi connectivity index (χ1v) is 5.70. The van der Waals surface area contributed by atoms with Gasteiger partial charge in [0.25, 0.3) is 0 Å². The Hall–Kier alpha value is -0.970. The van der Waals surface area contributed by atoms with Crippen LogP contribution in [0.15, 0.2) is 12.1 Å². The van der Waals surface area contributed by atoms with E-state index in [1.54, 1.807) is 0 Å². The minimum Gasteiger partial charge on any atom is -0.381 e. The number of nitrogens with zero attached hydrogens (tertiary/aromatic N) is 1. The van der Waals surface area contributed by atoms with Crippen LogP contribution in [-0.2, 0) is 4.74 Å². The number of aromatic nitrogens is 1. The van der Waals surface area contributed by atoms with Gasteiger partial charge in [0, 0.05) is 23.9 Å². The molecule has 4 heteroatoms. The Bertz CT molecular complexity index is 361. The molecule has 2 unspecified atom stereocenters. The number of nitrogens with one attached hydrogen (secondary N) is 1. The molecule has 0 bridgehead atoms. The van der Waals surface area contributed by atoms with E-state index < -0.39 is 0 Å². The quantitative estimate of drug-likeness (QED) is 0.595. The van der Waals surface area contributed by atoms with Crippen LogP contribution < -0.4 is 11.3 Å². The highest BCUT2D eigenvalue weighted by molar-refractivity contribution is 5.25. The zero-order valence-electron chi connectivity index (χ0n) is 9.86. The largest absolute Gasteiger partial charge is 0.381 e. The van der Waals surface area contributed by atoms with Gasteiger partial charge in [-0.2, -0.15) is 0 Å². The fourth-order valence-electron chi connectivity index (χ4n) is 2.32. The molecule has 1 aliphatic rings. The molecule has 1 aromatic heterocycles. The van der Waals surface area contributed by atoms with Crippen LogP contribution in [0.25, 0.3) is 0 Å². The first-order valence-electron chi connectivity index (χ1n) is 5.70. The Morgan fingerprint density at radius 2 is 2.31 bits per heavy atom. The number of ether oxygens (including phenoxy) is 1. The van der Waals surface area contributed by atoms with E-state index in [1.165, 1.54) is 5.56 Å². The third-order valence-electron chi connectivity index (χ3n) is 3.22. The van der Waals surface area contributed by atoms with E-state index in [0.29, 0.717) is 5.92 Å². The normalized spacial score (nSPS) is 22.3. The summed E-state index contributed by atoms with van der Waals surface area (Å²) in [6, 6.07) is 4.29. The molecule has 16 heavy (non-hydrogen) atoms. The number of pyridine rings is 1. The summed E-state index contributed by atoms with van der Waals surface area (Å²) in [6.07, 6.45) is 1.06. The highest BCUT2D eigenvalue weighted by Crippen LogP contribution is 2.29. The van der Waals surface area contributed by atoms with Crippen LogP contribution in [0.3, 0.4) is 0 Å². The van der Waals surface area contributed by atoms with Gasteiger partial charge in [0.05, 0.1) is 12.6 Å². The van der Waals surface area contributed by atoms with Gasteiger partial charge in [-0.1, -0.05) is 6.07 Å². The molecule has 0 amide bonds. The highest BCUT2D eigenvalue weighted by Gasteiger charge is 2.27. The molecule has 0 aliphatic carbocycles. The minimum atomic E-state index is 0.149. The molecule has 0 aromatic carbocycles. The van der Waals surface area contributed by atoms with Crippen LogP contribution in [0.1, 0.15) is 29.4 Å². The molecular formula is C12H19N3O. The Balaban J connectivity index is 2.25. The topological polar surface area (TPSA) is 60.2 Å². The molecule has 1 aromatic rings. The summed E-state index contributed by atoms with van der Waals surface area (Å²) < 4.78 is 5.41. The minimum absolute atomic E-state index is 0.149. The molecule has 0 saturated carbocycles. The maximum absolute atomic E-state index is 5.66. The van der Waals surface area contributed by atoms with Crippen LogP contribution in [0.4, 0.5) is 0 Å². The highest BCUT2D eigenvalue weighted by atomic mass is 16.5. The molecule has 0 spiro atoms. The predicted molar refractivity (Wildman–Crippen MR) is 62.7 cm³/mol. The van der Waals surface area contributed by atoms with E-state index in [2.05, 4.69) is 16.5 Å². The van der Waals surface area contributed by atoms with Crippen LogP contribution in [0.5, 0.6) is 0 Å². The molecule has 0 radical (unpaired) electrons. The Kier molecular flexibility index (Phi) is 3.53. The summed E-state index contributed by atoms with van der Waals surface area (Å²) in [5.74, 6) is 6.11. The molecule has 1 aliphatic heterocycles. The first kappa shape index (κ1) is 11.5. The average Bonchev–Trinajstić information content (AvgIpc) is 2.75. The smallest absolute Gasteiger partial charge is 0.0528 e. The van der Waals surface area contributed by atoms with Crippen molar-refractivity contribution in [2.24, 2.45) is 11.8 Å². The third-order valence-corrected chi connectivity index (χ3v) is 3.22. The number of hydrogen-bond donors (Lipinski definition) is 2. The van der Waals surface area contributed by atoms with Gasteiger partial charge in [-0.3, -0.25) is 16.3 Å². The van der Waals surface area contributed by atoms with Crippen molar-refractivity contribution in [1.29, 1.82) is 0 Å². The Morgan fingerprint density at radius 3 is 2.88 bits per heavy atom. The predicted octanol–water partition coefficient (Wildman–Crippen LogP) is 1.24. The molecule has 1 saturated heterocycles. The van der Waals surface area contributed by atoms with Crippen LogP contribution in [0, 0.1) is 19.8 Å². The molecule has 88 valence electrons. The van der Waals surface area contributed by atoms with Gasteiger partial charge < -0.3 is 4.74 Å². The average molecular weight is 221 g/mol. The van der Waals surface area contributed by atoms with Crippen molar-refractivity contribution in [2.45, 2.75) is 26.3 Å². The zero-order valence-corrected chi connectivity index (χ0v) is 9.86. The lowest BCUT2D eigenvalue weighted by Gasteiger charge is -2.23. The van der Waals surface area contributed by atoms with Crippen molar-refractivity contribution >= 4 is 0 Å².